The van der Waals surface area contributed by atoms with Crippen LogP contribution < -0.4 is 0 Å². The molecule has 1 saturated carbocycles. The molecule has 1 aromatic rings. The van der Waals surface area contributed by atoms with Gasteiger partial charge in [0.05, 0.1) is 14.9 Å². The monoisotopic (exact) mass is 257 g/mol. The van der Waals surface area contributed by atoms with E-state index < -0.39 is 0 Å². The molecule has 68 valence electrons. The van der Waals surface area contributed by atoms with Crippen LogP contribution in [-0.4, -0.2) is 17.9 Å². The molecule has 4 heteroatoms. The molecule has 0 bridgehead atoms. The lowest BCUT2D eigenvalue weighted by atomic mass is 10.2. The number of nitrogens with zero attached hydrogens (tertiary/aromatic N) is 1. The highest BCUT2D eigenvalue weighted by Gasteiger charge is 2.57. The molecule has 1 aromatic heterocycles. The molecule has 1 fully saturated rings. The number of amides is 1. The van der Waals surface area contributed by atoms with Gasteiger partial charge in [-0.3, -0.25) is 4.79 Å². The normalized spacial score (nSPS) is 22.6. The molecule has 0 atom stereocenters. The van der Waals surface area contributed by atoms with Crippen LogP contribution in [0.1, 0.15) is 28.1 Å². The summed E-state index contributed by atoms with van der Waals surface area (Å²) in [6, 6.07) is 1.95. The van der Waals surface area contributed by atoms with E-state index in [0.29, 0.717) is 0 Å². The van der Waals surface area contributed by atoms with Crippen LogP contribution in [-0.2, 0) is 5.54 Å². The fourth-order valence-electron chi connectivity index (χ4n) is 2.07. The van der Waals surface area contributed by atoms with Gasteiger partial charge in [-0.05, 0) is 34.8 Å². The van der Waals surface area contributed by atoms with E-state index in [9.17, 15) is 4.79 Å². The Labute approximate surface area is 88.7 Å². The van der Waals surface area contributed by atoms with E-state index in [1.54, 1.807) is 11.3 Å². The molecule has 1 aliphatic carbocycles. The van der Waals surface area contributed by atoms with E-state index in [0.717, 1.165) is 22.2 Å². The van der Waals surface area contributed by atoms with E-state index in [2.05, 4.69) is 15.9 Å². The lowest BCUT2D eigenvalue weighted by Crippen LogP contribution is -2.28. The van der Waals surface area contributed by atoms with Gasteiger partial charge < -0.3 is 4.90 Å². The Morgan fingerprint density at radius 2 is 2.31 bits per heavy atom. The first-order chi connectivity index (χ1) is 6.15. The lowest BCUT2D eigenvalue weighted by molar-refractivity contribution is 0.0756. The smallest absolute Gasteiger partial charge is 0.255 e. The highest BCUT2D eigenvalue weighted by molar-refractivity contribution is 9.11. The number of carbonyl (C=O) groups excluding carboxylic acids is 1. The summed E-state index contributed by atoms with van der Waals surface area (Å²) in [6.07, 6.45) is 2.27. The van der Waals surface area contributed by atoms with Gasteiger partial charge in [0, 0.05) is 11.9 Å². The summed E-state index contributed by atoms with van der Waals surface area (Å²) >= 11 is 5.14. The Morgan fingerprint density at radius 1 is 1.62 bits per heavy atom. The van der Waals surface area contributed by atoms with Crippen LogP contribution in [0.5, 0.6) is 0 Å². The van der Waals surface area contributed by atoms with E-state index in [-0.39, 0.29) is 11.4 Å². The van der Waals surface area contributed by atoms with Gasteiger partial charge in [-0.25, -0.2) is 0 Å². The van der Waals surface area contributed by atoms with E-state index in [4.69, 9.17) is 0 Å². The second-order valence-corrected chi connectivity index (χ2v) is 6.12. The highest BCUT2D eigenvalue weighted by atomic mass is 79.9. The van der Waals surface area contributed by atoms with Crippen LogP contribution in [0.3, 0.4) is 0 Å². The molecule has 3 rings (SSSR count). The topological polar surface area (TPSA) is 20.3 Å². The lowest BCUT2D eigenvalue weighted by Gasteiger charge is -2.18. The van der Waals surface area contributed by atoms with Crippen molar-refractivity contribution in [3.05, 3.63) is 20.3 Å². The molecule has 2 nitrogen and oxygen atoms in total. The summed E-state index contributed by atoms with van der Waals surface area (Å²) in [5, 5.41) is 0. The average Bonchev–Trinajstić information content (AvgIpc) is 2.79. The third-order valence-corrected chi connectivity index (χ3v) is 4.86. The summed E-state index contributed by atoms with van der Waals surface area (Å²) in [7, 11) is 1.91. The van der Waals surface area contributed by atoms with Crippen molar-refractivity contribution in [2.45, 2.75) is 18.4 Å². The van der Waals surface area contributed by atoms with Crippen LogP contribution in [0.25, 0.3) is 0 Å². The number of rotatable bonds is 0. The summed E-state index contributed by atoms with van der Waals surface area (Å²) in [4.78, 5) is 15.0. The Hall–Kier alpha value is -0.350. The van der Waals surface area contributed by atoms with Crippen LogP contribution in [0.2, 0.25) is 0 Å². The standard InChI is InChI=1S/C9H8BrNOS/c1-11-8(12)5-4-6(10)13-7(5)9(11)2-3-9/h4H,2-3H2,1H3. The molecule has 2 heterocycles. The van der Waals surface area contributed by atoms with Gasteiger partial charge in [0.2, 0.25) is 0 Å². The molecule has 1 amide bonds. The van der Waals surface area contributed by atoms with E-state index in [1.165, 1.54) is 4.88 Å². The van der Waals surface area contributed by atoms with Gasteiger partial charge in [0.1, 0.15) is 0 Å². The molecule has 0 unspecified atom stereocenters. The average molecular weight is 258 g/mol. The minimum Gasteiger partial charge on any atom is -0.331 e. The minimum atomic E-state index is 0.100. The second kappa shape index (κ2) is 2.17. The molecule has 0 N–H and O–H groups in total. The molecule has 1 aliphatic heterocycles. The fraction of sp³-hybridized carbons (Fsp3) is 0.444. The number of carbonyl (C=O) groups is 1. The Kier molecular flexibility index (Phi) is 1.34. The molecule has 2 aliphatic rings. The molecule has 0 saturated heterocycles. The number of thiophene rings is 1. The van der Waals surface area contributed by atoms with Gasteiger partial charge in [0.15, 0.2) is 0 Å². The first-order valence-corrected chi connectivity index (χ1v) is 5.84. The van der Waals surface area contributed by atoms with Gasteiger partial charge in [-0.15, -0.1) is 11.3 Å². The summed E-state index contributed by atoms with van der Waals surface area (Å²) in [5.41, 5.74) is 1.01. The zero-order chi connectivity index (χ0) is 9.22. The largest absolute Gasteiger partial charge is 0.331 e. The zero-order valence-electron chi connectivity index (χ0n) is 7.13. The van der Waals surface area contributed by atoms with Crippen LogP contribution in [0, 0.1) is 0 Å². The van der Waals surface area contributed by atoms with Gasteiger partial charge in [-0.2, -0.15) is 0 Å². The van der Waals surface area contributed by atoms with Crippen LogP contribution >= 0.6 is 27.3 Å². The van der Waals surface area contributed by atoms with Gasteiger partial charge in [-0.1, -0.05) is 0 Å². The van der Waals surface area contributed by atoms with Crippen LogP contribution in [0.4, 0.5) is 0 Å². The first kappa shape index (κ1) is 8.00. The molecular weight excluding hydrogens is 250 g/mol. The molecule has 0 radical (unpaired) electrons. The summed E-state index contributed by atoms with van der Waals surface area (Å²) < 4.78 is 1.07. The van der Waals surface area contributed by atoms with Crippen molar-refractivity contribution in [2.75, 3.05) is 7.05 Å². The highest BCUT2D eigenvalue weighted by Crippen LogP contribution is 2.58. The van der Waals surface area contributed by atoms with Crippen molar-refractivity contribution in [1.82, 2.24) is 4.90 Å². The van der Waals surface area contributed by atoms with Crippen molar-refractivity contribution in [3.8, 4) is 0 Å². The van der Waals surface area contributed by atoms with Crippen molar-refractivity contribution < 1.29 is 4.79 Å². The Balaban J connectivity index is 2.25. The van der Waals surface area contributed by atoms with Crippen LogP contribution in [0.15, 0.2) is 9.85 Å². The summed E-state index contributed by atoms with van der Waals surface area (Å²) in [6.45, 7) is 0. The number of fused-ring (bicyclic) bond motifs is 2. The van der Waals surface area contributed by atoms with E-state index >= 15 is 0 Å². The maximum absolute atomic E-state index is 11.8. The van der Waals surface area contributed by atoms with Crippen molar-refractivity contribution >= 4 is 33.2 Å². The van der Waals surface area contributed by atoms with Crippen molar-refractivity contribution in [3.63, 3.8) is 0 Å². The third kappa shape index (κ3) is 0.808. The zero-order valence-corrected chi connectivity index (χ0v) is 9.54. The van der Waals surface area contributed by atoms with Gasteiger partial charge >= 0.3 is 0 Å². The number of halogens is 1. The maximum atomic E-state index is 11.8. The summed E-state index contributed by atoms with van der Waals surface area (Å²) in [5.74, 6) is 0.189. The van der Waals surface area contributed by atoms with Crippen molar-refractivity contribution in [1.29, 1.82) is 0 Å². The van der Waals surface area contributed by atoms with Gasteiger partial charge in [0.25, 0.3) is 5.91 Å². The predicted octanol–water partition coefficient (Wildman–Crippen LogP) is 2.59. The molecular formula is C9H8BrNOS. The SMILES string of the molecule is CN1C(=O)c2cc(Br)sc2C12CC2. The molecule has 13 heavy (non-hydrogen) atoms. The quantitative estimate of drug-likeness (QED) is 0.700. The Morgan fingerprint density at radius 3 is 2.92 bits per heavy atom. The van der Waals surface area contributed by atoms with Crippen molar-refractivity contribution in [2.24, 2.45) is 0 Å². The predicted molar refractivity (Wildman–Crippen MR) is 55.0 cm³/mol. The maximum Gasteiger partial charge on any atom is 0.255 e. The minimum absolute atomic E-state index is 0.100. The fourth-order valence-corrected chi connectivity index (χ4v) is 3.95. The molecule has 1 spiro atoms. The molecule has 0 aromatic carbocycles. The second-order valence-electron chi connectivity index (χ2n) is 3.69. The third-order valence-electron chi connectivity index (χ3n) is 3.03. The first-order valence-electron chi connectivity index (χ1n) is 4.23. The van der Waals surface area contributed by atoms with E-state index in [1.807, 2.05) is 18.0 Å². The number of hydrogen-bond acceptors (Lipinski definition) is 2. The Bertz CT molecular complexity index is 408. The number of hydrogen-bond donors (Lipinski definition) is 0.